The van der Waals surface area contributed by atoms with Crippen molar-refractivity contribution in [1.29, 1.82) is 0 Å². The molecule has 0 saturated carbocycles. The second-order valence-electron chi connectivity index (χ2n) is 7.16. The lowest BCUT2D eigenvalue weighted by Gasteiger charge is -2.17. The Labute approximate surface area is 191 Å². The van der Waals surface area contributed by atoms with E-state index in [0.29, 0.717) is 25.2 Å². The highest BCUT2D eigenvalue weighted by molar-refractivity contribution is 7.89. The molecule has 1 aromatic heterocycles. The summed E-state index contributed by atoms with van der Waals surface area (Å²) in [6, 6.07) is 5.77. The van der Waals surface area contributed by atoms with Gasteiger partial charge in [0.25, 0.3) is 5.91 Å². The smallest absolute Gasteiger partial charge is 0.279 e. The molecule has 0 bridgehead atoms. The second kappa shape index (κ2) is 11.1. The number of methoxy groups -OCH3 is 1. The second-order valence-corrected chi connectivity index (χ2v) is 9.20. The first-order valence-electron chi connectivity index (χ1n) is 10.1. The maximum absolute atomic E-state index is 12.9. The van der Waals surface area contributed by atoms with E-state index in [9.17, 15) is 13.2 Å². The molecule has 12 nitrogen and oxygen atoms in total. The van der Waals surface area contributed by atoms with E-state index < -0.39 is 15.9 Å². The highest BCUT2D eigenvalue weighted by atomic mass is 32.2. The number of nitrogens with zero attached hydrogens (tertiary/aromatic N) is 4. The van der Waals surface area contributed by atoms with Crippen LogP contribution >= 0.6 is 0 Å². The van der Waals surface area contributed by atoms with Crippen LogP contribution in [0, 0.1) is 0 Å². The number of nitrogens with one attached hydrogen (secondary N) is 1. The number of benzene rings is 1. The summed E-state index contributed by atoms with van der Waals surface area (Å²) < 4.78 is 36.8. The van der Waals surface area contributed by atoms with Crippen LogP contribution in [0.15, 0.2) is 46.7 Å². The highest BCUT2D eigenvalue weighted by Crippen LogP contribution is 2.17. The normalized spacial score (nSPS) is 16.7. The van der Waals surface area contributed by atoms with Gasteiger partial charge in [-0.05, 0) is 12.1 Å². The molecule has 2 heterocycles. The van der Waals surface area contributed by atoms with Crippen LogP contribution in [0.25, 0.3) is 0 Å². The molecule has 1 saturated heterocycles. The van der Waals surface area contributed by atoms with Crippen LogP contribution in [0.5, 0.6) is 0 Å². The van der Waals surface area contributed by atoms with Crippen LogP contribution in [0.1, 0.15) is 12.0 Å². The molecule has 1 amide bonds. The van der Waals surface area contributed by atoms with Crippen molar-refractivity contribution in [2.45, 2.75) is 17.4 Å². The Morgan fingerprint density at radius 3 is 2.67 bits per heavy atom. The SMILES string of the molecule is COCCN(C)S(=O)(=O)c1ccc(C(=NO[C@@H]2CCOC2)C(=O)Nc2cnc(N)cn2)cc1. The summed E-state index contributed by atoms with van der Waals surface area (Å²) in [6.07, 6.45) is 2.98. The van der Waals surface area contributed by atoms with Gasteiger partial charge in [0.15, 0.2) is 17.6 Å². The molecule has 0 spiro atoms. The van der Waals surface area contributed by atoms with Crippen molar-refractivity contribution in [3.63, 3.8) is 0 Å². The zero-order valence-electron chi connectivity index (χ0n) is 18.3. The van der Waals surface area contributed by atoms with Gasteiger partial charge in [0.1, 0.15) is 5.82 Å². The third kappa shape index (κ3) is 6.44. The van der Waals surface area contributed by atoms with E-state index in [2.05, 4.69) is 20.4 Å². The molecule has 3 rings (SSSR count). The maximum atomic E-state index is 12.9. The van der Waals surface area contributed by atoms with Crippen LogP contribution in [0.2, 0.25) is 0 Å². The number of ether oxygens (including phenoxy) is 2. The first kappa shape index (κ1) is 24.5. The molecular weight excluding hydrogens is 452 g/mol. The Balaban J connectivity index is 1.84. The lowest BCUT2D eigenvalue weighted by atomic mass is 10.1. The average Bonchev–Trinajstić information content (AvgIpc) is 3.33. The quantitative estimate of drug-likeness (QED) is 0.366. The van der Waals surface area contributed by atoms with Gasteiger partial charge in [-0.1, -0.05) is 17.3 Å². The van der Waals surface area contributed by atoms with Gasteiger partial charge in [-0.3, -0.25) is 4.79 Å². The van der Waals surface area contributed by atoms with Gasteiger partial charge in [0.2, 0.25) is 10.0 Å². The van der Waals surface area contributed by atoms with Gasteiger partial charge < -0.3 is 25.4 Å². The molecule has 178 valence electrons. The standard InChI is InChI=1S/C20H26N6O6S/c1-26(8-10-30-2)33(28,29)16-5-3-14(4-6-16)19(25-32-15-7-9-31-13-15)20(27)24-18-12-22-17(21)11-23-18/h3-6,11-12,15H,7-10,13H2,1-2H3,(H2,21,22)(H,23,24,27)/t15-/m1/s1. The van der Waals surface area contributed by atoms with E-state index in [-0.39, 0.29) is 41.5 Å². The molecule has 1 atom stereocenters. The number of oxime groups is 1. The number of likely N-dealkylation sites (N-methyl/N-ethyl adjacent to an activating group) is 1. The van der Waals surface area contributed by atoms with Crippen molar-refractivity contribution in [2.75, 3.05) is 51.6 Å². The maximum Gasteiger partial charge on any atom is 0.279 e. The van der Waals surface area contributed by atoms with Gasteiger partial charge >= 0.3 is 0 Å². The zero-order chi connectivity index (χ0) is 23.8. The van der Waals surface area contributed by atoms with Crippen molar-refractivity contribution >= 4 is 33.3 Å². The fraction of sp³-hybridized carbons (Fsp3) is 0.400. The van der Waals surface area contributed by atoms with Gasteiger partial charge in [-0.15, -0.1) is 0 Å². The third-order valence-corrected chi connectivity index (χ3v) is 6.63. The lowest BCUT2D eigenvalue weighted by Crippen LogP contribution is -2.30. The largest absolute Gasteiger partial charge is 0.389 e. The molecule has 13 heteroatoms. The van der Waals surface area contributed by atoms with Gasteiger partial charge in [0, 0.05) is 32.7 Å². The Bertz CT molecular complexity index is 1070. The fourth-order valence-electron chi connectivity index (χ4n) is 2.83. The molecule has 1 aliphatic rings. The number of nitrogen functional groups attached to an aromatic ring is 1. The zero-order valence-corrected chi connectivity index (χ0v) is 19.1. The summed E-state index contributed by atoms with van der Waals surface area (Å²) in [4.78, 5) is 26.3. The number of carbonyl (C=O) groups excluding carboxylic acids is 1. The number of aromatic nitrogens is 2. The molecular formula is C20H26N6O6S. The number of carbonyl (C=O) groups is 1. The van der Waals surface area contributed by atoms with Gasteiger partial charge in [-0.2, -0.15) is 4.31 Å². The van der Waals surface area contributed by atoms with Crippen molar-refractivity contribution in [3.05, 3.63) is 42.2 Å². The molecule has 0 aliphatic carbocycles. The van der Waals surface area contributed by atoms with E-state index in [0.717, 1.165) is 0 Å². The average molecular weight is 479 g/mol. The molecule has 33 heavy (non-hydrogen) atoms. The lowest BCUT2D eigenvalue weighted by molar-refractivity contribution is -0.110. The first-order valence-corrected chi connectivity index (χ1v) is 11.5. The molecule has 1 aliphatic heterocycles. The number of sulfonamides is 1. The summed E-state index contributed by atoms with van der Waals surface area (Å²) in [5.41, 5.74) is 5.82. The number of nitrogens with two attached hydrogens (primary N) is 1. The summed E-state index contributed by atoms with van der Waals surface area (Å²) in [5, 5.41) is 6.61. The highest BCUT2D eigenvalue weighted by Gasteiger charge is 2.23. The fourth-order valence-corrected chi connectivity index (χ4v) is 3.99. The van der Waals surface area contributed by atoms with Crippen molar-refractivity contribution in [2.24, 2.45) is 5.16 Å². The number of rotatable bonds is 10. The van der Waals surface area contributed by atoms with E-state index in [1.165, 1.54) is 55.1 Å². The summed E-state index contributed by atoms with van der Waals surface area (Å²) in [5.74, 6) is -0.232. The van der Waals surface area contributed by atoms with E-state index in [4.69, 9.17) is 20.0 Å². The Morgan fingerprint density at radius 1 is 1.30 bits per heavy atom. The van der Waals surface area contributed by atoms with Crippen molar-refractivity contribution < 1.29 is 27.5 Å². The Hall–Kier alpha value is -3.13. The van der Waals surface area contributed by atoms with Gasteiger partial charge in [0.05, 0.1) is 37.1 Å². The van der Waals surface area contributed by atoms with Crippen LogP contribution in [-0.4, -0.2) is 80.9 Å². The predicted octanol–water partition coefficient (Wildman–Crippen LogP) is 0.474. The molecule has 0 radical (unpaired) electrons. The van der Waals surface area contributed by atoms with Crippen LogP contribution in [-0.2, 0) is 29.1 Å². The monoisotopic (exact) mass is 478 g/mol. The van der Waals surface area contributed by atoms with Crippen molar-refractivity contribution in [1.82, 2.24) is 14.3 Å². The first-order chi connectivity index (χ1) is 15.8. The third-order valence-electron chi connectivity index (χ3n) is 4.76. The molecule has 0 unspecified atom stereocenters. The minimum Gasteiger partial charge on any atom is -0.389 e. The van der Waals surface area contributed by atoms with E-state index in [1.54, 1.807) is 0 Å². The van der Waals surface area contributed by atoms with Crippen LogP contribution < -0.4 is 11.1 Å². The van der Waals surface area contributed by atoms with Crippen molar-refractivity contribution in [3.8, 4) is 0 Å². The van der Waals surface area contributed by atoms with Crippen LogP contribution in [0.4, 0.5) is 11.6 Å². The molecule has 2 aromatic rings. The number of hydrogen-bond donors (Lipinski definition) is 2. The Kier molecular flexibility index (Phi) is 8.27. The predicted molar refractivity (Wildman–Crippen MR) is 120 cm³/mol. The summed E-state index contributed by atoms with van der Waals surface area (Å²) >= 11 is 0. The minimum atomic E-state index is -3.72. The van der Waals surface area contributed by atoms with Crippen LogP contribution in [0.3, 0.4) is 0 Å². The summed E-state index contributed by atoms with van der Waals surface area (Å²) in [6.45, 7) is 1.38. The molecule has 1 fully saturated rings. The number of amides is 1. The van der Waals surface area contributed by atoms with E-state index >= 15 is 0 Å². The number of anilines is 2. The topological polar surface area (TPSA) is 158 Å². The molecule has 3 N–H and O–H groups in total. The van der Waals surface area contributed by atoms with Gasteiger partial charge in [-0.25, -0.2) is 18.4 Å². The summed E-state index contributed by atoms with van der Waals surface area (Å²) in [7, 11) is -0.754. The van der Waals surface area contributed by atoms with E-state index in [1.807, 2.05) is 0 Å². The minimum absolute atomic E-state index is 0.0581. The Morgan fingerprint density at radius 2 is 2.06 bits per heavy atom. The number of hydrogen-bond acceptors (Lipinski definition) is 10. The molecule has 1 aromatic carbocycles.